The fraction of sp³-hybridized carbons (Fsp3) is 0.917. The van der Waals surface area contributed by atoms with Crippen LogP contribution in [-0.4, -0.2) is 16.4 Å². The smallest absolute Gasteiger partial charge is 0.358 e. The minimum atomic E-state index is -1.94. The summed E-state index contributed by atoms with van der Waals surface area (Å²) < 4.78 is 2.87. The quantitative estimate of drug-likeness (QED) is 0.339. The maximum absolute atomic E-state index is 11.1. The Morgan fingerprint density at radius 2 is 1.41 bits per heavy atom. The van der Waals surface area contributed by atoms with E-state index in [1.54, 1.807) is 0 Å². The lowest BCUT2D eigenvalue weighted by Crippen LogP contribution is -2.22. The second-order valence-corrected chi connectivity index (χ2v) is 6.39. The largest absolute Gasteiger partial charge is 0.463 e. The Morgan fingerprint density at radius 3 is 1.88 bits per heavy atom. The molecule has 2 nitrogen and oxygen atoms in total. The highest BCUT2D eigenvalue weighted by Crippen LogP contribution is 2.27. The first-order valence-electron chi connectivity index (χ1n) is 6.22. The first-order valence-corrected chi connectivity index (χ1v) is 7.35. The number of carbonyl (C=O) groups is 1. The number of unbranched alkanes of at least 4 members (excludes halogenated alkanes) is 7. The Balaban J connectivity index is 3.22. The maximum atomic E-state index is 11.1. The van der Waals surface area contributed by atoms with Crippen LogP contribution in [0.4, 0.5) is 0 Å². The molecule has 0 heterocycles. The Bertz CT molecular complexity index is 202. The van der Waals surface area contributed by atoms with E-state index in [0.717, 1.165) is 12.8 Å². The van der Waals surface area contributed by atoms with Crippen LogP contribution in [0.3, 0.4) is 0 Å². The van der Waals surface area contributed by atoms with Crippen molar-refractivity contribution in [3.05, 3.63) is 0 Å². The van der Waals surface area contributed by atoms with Crippen molar-refractivity contribution in [2.75, 3.05) is 6.61 Å². The van der Waals surface area contributed by atoms with Gasteiger partial charge < -0.3 is 4.74 Å². The maximum Gasteiger partial charge on any atom is 0.358 e. The van der Waals surface area contributed by atoms with Crippen molar-refractivity contribution in [1.29, 1.82) is 0 Å². The molecule has 17 heavy (non-hydrogen) atoms. The van der Waals surface area contributed by atoms with E-state index in [4.69, 9.17) is 39.5 Å². The molecule has 0 aromatic rings. The zero-order valence-corrected chi connectivity index (χ0v) is 12.6. The molecular weight excluding hydrogens is 282 g/mol. The number of ether oxygens (including phenoxy) is 1. The number of hydrogen-bond acceptors (Lipinski definition) is 2. The van der Waals surface area contributed by atoms with Crippen LogP contribution in [-0.2, 0) is 9.53 Å². The van der Waals surface area contributed by atoms with Crippen LogP contribution in [0.25, 0.3) is 0 Å². The monoisotopic (exact) mass is 302 g/mol. The van der Waals surface area contributed by atoms with Crippen LogP contribution in [0.2, 0.25) is 0 Å². The van der Waals surface area contributed by atoms with Gasteiger partial charge in [-0.3, -0.25) is 0 Å². The zero-order chi connectivity index (χ0) is 13.1. The summed E-state index contributed by atoms with van der Waals surface area (Å²) >= 11 is 16.1. The predicted octanol–water partition coefficient (Wildman–Crippen LogP) is 5.04. The molecular formula is C12H21Cl3O2. The van der Waals surface area contributed by atoms with E-state index in [0.29, 0.717) is 6.61 Å². The first kappa shape index (κ1) is 17.3. The molecule has 0 spiro atoms. The normalized spacial score (nSPS) is 11.5. The van der Waals surface area contributed by atoms with Crippen molar-refractivity contribution >= 4 is 40.8 Å². The highest BCUT2D eigenvalue weighted by Gasteiger charge is 2.32. The fourth-order valence-electron chi connectivity index (χ4n) is 1.48. The van der Waals surface area contributed by atoms with Crippen LogP contribution in [0.5, 0.6) is 0 Å². The molecule has 0 radical (unpaired) electrons. The third-order valence-corrected chi connectivity index (χ3v) is 2.93. The number of alkyl halides is 3. The van der Waals surface area contributed by atoms with Gasteiger partial charge in [-0.15, -0.1) is 0 Å². The molecule has 0 aliphatic heterocycles. The average molecular weight is 304 g/mol. The van der Waals surface area contributed by atoms with Gasteiger partial charge >= 0.3 is 5.97 Å². The number of halogens is 3. The highest BCUT2D eigenvalue weighted by molar-refractivity contribution is 6.75. The number of rotatable bonds is 9. The minimum Gasteiger partial charge on any atom is -0.463 e. The van der Waals surface area contributed by atoms with E-state index in [1.165, 1.54) is 38.5 Å². The van der Waals surface area contributed by atoms with Crippen LogP contribution in [0.15, 0.2) is 0 Å². The standard InChI is InChI=1S/C12H21Cl3O2/c1-2-3-4-5-6-7-8-9-10-17-11(16)12(13,14)15/h2-10H2,1H3. The van der Waals surface area contributed by atoms with Crippen molar-refractivity contribution in [2.24, 2.45) is 0 Å². The number of hydrogen-bond donors (Lipinski definition) is 0. The van der Waals surface area contributed by atoms with Gasteiger partial charge in [0.05, 0.1) is 6.61 Å². The molecule has 0 aliphatic rings. The third kappa shape index (κ3) is 11.2. The van der Waals surface area contributed by atoms with Gasteiger partial charge in [0, 0.05) is 0 Å². The van der Waals surface area contributed by atoms with Crippen molar-refractivity contribution in [2.45, 2.75) is 62.1 Å². The zero-order valence-electron chi connectivity index (χ0n) is 10.3. The summed E-state index contributed by atoms with van der Waals surface area (Å²) in [7, 11) is 0. The number of esters is 1. The van der Waals surface area contributed by atoms with Gasteiger partial charge in [0.15, 0.2) is 0 Å². The molecule has 0 unspecified atom stereocenters. The van der Waals surface area contributed by atoms with Crippen LogP contribution >= 0.6 is 34.8 Å². The van der Waals surface area contributed by atoms with E-state index >= 15 is 0 Å². The molecule has 102 valence electrons. The second kappa shape index (κ2) is 10.3. The van der Waals surface area contributed by atoms with Crippen LogP contribution < -0.4 is 0 Å². The number of carbonyl (C=O) groups excluding carboxylic acids is 1. The van der Waals surface area contributed by atoms with Crippen molar-refractivity contribution in [3.8, 4) is 0 Å². The molecule has 0 bridgehead atoms. The van der Waals surface area contributed by atoms with E-state index in [2.05, 4.69) is 6.92 Å². The van der Waals surface area contributed by atoms with E-state index in [9.17, 15) is 4.79 Å². The van der Waals surface area contributed by atoms with E-state index in [1.807, 2.05) is 0 Å². The van der Waals surface area contributed by atoms with Crippen molar-refractivity contribution < 1.29 is 9.53 Å². The lowest BCUT2D eigenvalue weighted by atomic mass is 10.1. The Hall–Kier alpha value is 0.340. The van der Waals surface area contributed by atoms with Gasteiger partial charge in [0.1, 0.15) is 0 Å². The summed E-state index contributed by atoms with van der Waals surface area (Å²) in [4.78, 5) is 11.1. The summed E-state index contributed by atoms with van der Waals surface area (Å²) in [5, 5.41) is 0. The molecule has 0 aromatic heterocycles. The molecule has 0 rings (SSSR count). The molecule has 0 aliphatic carbocycles. The molecule has 5 heteroatoms. The summed E-state index contributed by atoms with van der Waals surface area (Å²) in [6.07, 6.45) is 9.52. The van der Waals surface area contributed by atoms with Crippen LogP contribution in [0, 0.1) is 0 Å². The molecule has 0 amide bonds. The topological polar surface area (TPSA) is 26.3 Å². The first-order chi connectivity index (χ1) is 7.98. The molecule has 0 atom stereocenters. The lowest BCUT2D eigenvalue weighted by molar-refractivity contribution is -0.142. The summed E-state index contributed by atoms with van der Waals surface area (Å²) in [6, 6.07) is 0. The van der Waals surface area contributed by atoms with Gasteiger partial charge in [-0.2, -0.15) is 0 Å². The van der Waals surface area contributed by atoms with Crippen LogP contribution in [0.1, 0.15) is 58.3 Å². The Labute approximate surface area is 119 Å². The average Bonchev–Trinajstić information content (AvgIpc) is 2.25. The van der Waals surface area contributed by atoms with Gasteiger partial charge in [-0.05, 0) is 6.42 Å². The second-order valence-electron chi connectivity index (χ2n) is 4.11. The molecule has 0 saturated heterocycles. The SMILES string of the molecule is CCCCCCCCCCOC(=O)C(Cl)(Cl)Cl. The molecule has 0 aromatic carbocycles. The Kier molecular flexibility index (Phi) is 10.5. The fourth-order valence-corrected chi connectivity index (χ4v) is 1.65. The van der Waals surface area contributed by atoms with Gasteiger partial charge in [0.2, 0.25) is 0 Å². The summed E-state index contributed by atoms with van der Waals surface area (Å²) in [5.74, 6) is -0.787. The van der Waals surface area contributed by atoms with Crippen molar-refractivity contribution in [3.63, 3.8) is 0 Å². The Morgan fingerprint density at radius 1 is 0.941 bits per heavy atom. The van der Waals surface area contributed by atoms with E-state index in [-0.39, 0.29) is 0 Å². The van der Waals surface area contributed by atoms with Gasteiger partial charge in [-0.1, -0.05) is 86.7 Å². The molecule has 0 N–H and O–H groups in total. The van der Waals surface area contributed by atoms with Gasteiger partial charge in [0.25, 0.3) is 3.79 Å². The third-order valence-electron chi connectivity index (χ3n) is 2.46. The van der Waals surface area contributed by atoms with E-state index < -0.39 is 9.76 Å². The predicted molar refractivity (Wildman–Crippen MR) is 73.9 cm³/mol. The highest BCUT2D eigenvalue weighted by atomic mass is 35.6. The molecule has 0 fully saturated rings. The molecule has 0 saturated carbocycles. The van der Waals surface area contributed by atoms with Crippen molar-refractivity contribution in [1.82, 2.24) is 0 Å². The van der Waals surface area contributed by atoms with Gasteiger partial charge in [-0.25, -0.2) is 4.79 Å². The minimum absolute atomic E-state index is 0.335. The summed E-state index contributed by atoms with van der Waals surface area (Å²) in [6.45, 7) is 2.54. The lowest BCUT2D eigenvalue weighted by Gasteiger charge is -2.10. The summed E-state index contributed by atoms with van der Waals surface area (Å²) in [5.41, 5.74) is 0.